The zero-order valence-electron chi connectivity index (χ0n) is 29.5. The lowest BCUT2D eigenvalue weighted by Gasteiger charge is -2.14. The van der Waals surface area contributed by atoms with Crippen LogP contribution in [0.2, 0.25) is 0 Å². The Bertz CT molecular complexity index is 3140. The Labute approximate surface area is 313 Å². The van der Waals surface area contributed by atoms with Gasteiger partial charge in [0, 0.05) is 33.7 Å². The van der Waals surface area contributed by atoms with Crippen molar-refractivity contribution in [2.24, 2.45) is 0 Å². The normalized spacial score (nSPS) is 11.7. The van der Waals surface area contributed by atoms with E-state index in [0.717, 1.165) is 11.4 Å². The van der Waals surface area contributed by atoms with Gasteiger partial charge >= 0.3 is 0 Å². The molecule has 0 atom stereocenters. The van der Waals surface area contributed by atoms with Crippen LogP contribution in [0, 0.1) is 0 Å². The Morgan fingerprint density at radius 3 is 1.67 bits per heavy atom. The number of para-hydroxylation sites is 1. The molecule has 11 aromatic rings. The highest BCUT2D eigenvalue weighted by Gasteiger charge is 2.18. The highest BCUT2D eigenvalue weighted by Crippen LogP contribution is 2.41. The van der Waals surface area contributed by atoms with E-state index in [4.69, 9.17) is 0 Å². The number of rotatable bonds is 5. The minimum atomic E-state index is 1.14. The van der Waals surface area contributed by atoms with Gasteiger partial charge in [0.05, 0.1) is 16.6 Å². The lowest BCUT2D eigenvalue weighted by atomic mass is 9.93. The largest absolute Gasteiger partial charge is 0.316 e. The number of aromatic nitrogens is 2. The third-order valence-corrected chi connectivity index (χ3v) is 11.1. The highest BCUT2D eigenvalue weighted by molar-refractivity contribution is 6.19. The zero-order chi connectivity index (χ0) is 35.6. The first-order valence-electron chi connectivity index (χ1n) is 18.6. The van der Waals surface area contributed by atoms with Gasteiger partial charge in [0.15, 0.2) is 0 Å². The van der Waals surface area contributed by atoms with Gasteiger partial charge in [-0.15, -0.1) is 0 Å². The smallest absolute Gasteiger partial charge is 0.0635 e. The molecule has 0 aliphatic rings. The van der Waals surface area contributed by atoms with E-state index in [2.05, 4.69) is 216 Å². The number of fused-ring (bicyclic) bond motifs is 8. The maximum Gasteiger partial charge on any atom is 0.0635 e. The molecule has 0 aliphatic carbocycles. The summed E-state index contributed by atoms with van der Waals surface area (Å²) < 4.78 is 4.83. The second-order valence-corrected chi connectivity index (χ2v) is 14.2. The Morgan fingerprint density at radius 1 is 0.296 bits per heavy atom. The van der Waals surface area contributed by atoms with Crippen molar-refractivity contribution in [1.29, 1.82) is 0 Å². The van der Waals surface area contributed by atoms with Crippen LogP contribution in [0.3, 0.4) is 0 Å². The van der Waals surface area contributed by atoms with Gasteiger partial charge in [-0.05, 0) is 110 Å². The Morgan fingerprint density at radius 2 is 0.907 bits per heavy atom. The fourth-order valence-electron chi connectivity index (χ4n) is 8.62. The number of benzene rings is 9. The predicted octanol–water partition coefficient (Wildman–Crippen LogP) is 14.0. The van der Waals surface area contributed by atoms with Crippen LogP contribution < -0.4 is 0 Å². The first-order valence-corrected chi connectivity index (χ1v) is 18.6. The second-order valence-electron chi connectivity index (χ2n) is 14.2. The lowest BCUT2D eigenvalue weighted by molar-refractivity contribution is 1.13. The molecule has 0 saturated heterocycles. The predicted molar refractivity (Wildman–Crippen MR) is 229 cm³/mol. The van der Waals surface area contributed by atoms with Gasteiger partial charge < -0.3 is 9.13 Å². The monoisotopic (exact) mass is 686 g/mol. The molecule has 0 N–H and O–H groups in total. The summed E-state index contributed by atoms with van der Waals surface area (Å²) in [5.41, 5.74) is 13.1. The fraction of sp³-hybridized carbons (Fsp3) is 0. The van der Waals surface area contributed by atoms with Crippen molar-refractivity contribution in [1.82, 2.24) is 9.13 Å². The second kappa shape index (κ2) is 12.2. The summed E-state index contributed by atoms with van der Waals surface area (Å²) in [4.78, 5) is 0. The van der Waals surface area contributed by atoms with Gasteiger partial charge in [0.1, 0.15) is 0 Å². The van der Waals surface area contributed by atoms with Gasteiger partial charge in [-0.25, -0.2) is 0 Å². The fourth-order valence-corrected chi connectivity index (χ4v) is 8.62. The van der Waals surface area contributed by atoms with Crippen LogP contribution in [0.5, 0.6) is 0 Å². The molecule has 11 rings (SSSR count). The molecule has 0 amide bonds. The van der Waals surface area contributed by atoms with Gasteiger partial charge in [-0.2, -0.15) is 0 Å². The molecule has 252 valence electrons. The molecule has 2 heteroatoms. The van der Waals surface area contributed by atoms with Crippen LogP contribution in [-0.4, -0.2) is 9.13 Å². The van der Waals surface area contributed by atoms with Crippen molar-refractivity contribution >= 4 is 54.3 Å². The molecule has 0 aliphatic heterocycles. The third-order valence-electron chi connectivity index (χ3n) is 11.1. The van der Waals surface area contributed by atoms with Crippen LogP contribution in [0.1, 0.15) is 0 Å². The van der Waals surface area contributed by atoms with Crippen molar-refractivity contribution in [2.75, 3.05) is 0 Å². The molecule has 54 heavy (non-hydrogen) atoms. The lowest BCUT2D eigenvalue weighted by Crippen LogP contribution is -1.96. The summed E-state index contributed by atoms with van der Waals surface area (Å²) in [7, 11) is 0. The molecule has 0 bridgehead atoms. The summed E-state index contributed by atoms with van der Waals surface area (Å²) >= 11 is 0. The van der Waals surface area contributed by atoms with Crippen molar-refractivity contribution in [3.05, 3.63) is 206 Å². The van der Waals surface area contributed by atoms with E-state index < -0.39 is 0 Å². The molecule has 2 nitrogen and oxygen atoms in total. The Balaban J connectivity index is 1.14. The van der Waals surface area contributed by atoms with E-state index in [1.807, 2.05) is 0 Å². The van der Waals surface area contributed by atoms with Crippen LogP contribution in [0.4, 0.5) is 0 Å². The first-order chi connectivity index (χ1) is 26.8. The molecule has 0 unspecified atom stereocenters. The van der Waals surface area contributed by atoms with Crippen molar-refractivity contribution < 1.29 is 0 Å². The molecule has 2 heterocycles. The van der Waals surface area contributed by atoms with Crippen molar-refractivity contribution in [3.8, 4) is 44.8 Å². The molecule has 0 radical (unpaired) electrons. The minimum absolute atomic E-state index is 1.14. The Hall–Kier alpha value is -7.16. The summed E-state index contributed by atoms with van der Waals surface area (Å²) in [5.74, 6) is 0. The Kier molecular flexibility index (Phi) is 6.90. The third kappa shape index (κ3) is 4.81. The summed E-state index contributed by atoms with van der Waals surface area (Å²) in [5, 5.41) is 8.80. The van der Waals surface area contributed by atoms with Crippen molar-refractivity contribution in [2.45, 2.75) is 0 Å². The number of hydrogen-bond donors (Lipinski definition) is 0. The standard InChI is InChI=1S/C52H34N2/c1-3-14-35(15-4-1)39-30-40(36-16-5-2-6-17-36)33-42(32-39)53-29-28-48-50(53)27-26-47-46-24-11-12-25-51(46)54(52(47)48)41-20-13-19-37(31-41)49-34-38-18-7-8-21-43(38)44-22-9-10-23-45(44)49/h1-34H. The van der Waals surface area contributed by atoms with E-state index in [1.54, 1.807) is 0 Å². The van der Waals surface area contributed by atoms with E-state index in [1.165, 1.54) is 87.6 Å². The summed E-state index contributed by atoms with van der Waals surface area (Å²) in [6.07, 6.45) is 2.24. The maximum absolute atomic E-state index is 2.47. The first kappa shape index (κ1) is 30.5. The summed E-state index contributed by atoms with van der Waals surface area (Å²) in [6, 6.07) is 73.0. The van der Waals surface area contributed by atoms with E-state index in [-0.39, 0.29) is 0 Å². The molecule has 0 saturated carbocycles. The zero-order valence-corrected chi connectivity index (χ0v) is 29.5. The molecule has 0 spiro atoms. The molecule has 0 fully saturated rings. The van der Waals surface area contributed by atoms with E-state index in [9.17, 15) is 0 Å². The molecular weight excluding hydrogens is 653 g/mol. The highest BCUT2D eigenvalue weighted by atomic mass is 15.0. The van der Waals surface area contributed by atoms with E-state index >= 15 is 0 Å². The van der Waals surface area contributed by atoms with Gasteiger partial charge in [0.25, 0.3) is 0 Å². The topological polar surface area (TPSA) is 9.86 Å². The maximum atomic E-state index is 2.47. The van der Waals surface area contributed by atoms with E-state index in [0.29, 0.717) is 0 Å². The van der Waals surface area contributed by atoms with Gasteiger partial charge in [-0.1, -0.05) is 146 Å². The molecule has 2 aromatic heterocycles. The molecule has 9 aromatic carbocycles. The van der Waals surface area contributed by atoms with Crippen LogP contribution in [0.15, 0.2) is 206 Å². The number of hydrogen-bond acceptors (Lipinski definition) is 0. The number of nitrogens with zero attached hydrogens (tertiary/aromatic N) is 2. The average molecular weight is 687 g/mol. The molecular formula is C52H34N2. The summed E-state index contributed by atoms with van der Waals surface area (Å²) in [6.45, 7) is 0. The minimum Gasteiger partial charge on any atom is -0.316 e. The van der Waals surface area contributed by atoms with Crippen molar-refractivity contribution in [3.63, 3.8) is 0 Å². The average Bonchev–Trinajstić information content (AvgIpc) is 3.84. The SMILES string of the molecule is c1ccc(-c2cc(-c3ccccc3)cc(-n3ccc4c3ccc3c5ccccc5n(-c5cccc(-c6cc7ccccc7c7ccccc67)c5)c34)c2)cc1. The van der Waals surface area contributed by atoms with Gasteiger partial charge in [0.2, 0.25) is 0 Å². The van der Waals surface area contributed by atoms with Crippen LogP contribution in [0.25, 0.3) is 99.0 Å². The van der Waals surface area contributed by atoms with Crippen LogP contribution in [-0.2, 0) is 0 Å². The quantitative estimate of drug-likeness (QED) is 0.160. The van der Waals surface area contributed by atoms with Crippen LogP contribution >= 0.6 is 0 Å². The van der Waals surface area contributed by atoms with Gasteiger partial charge in [-0.3, -0.25) is 0 Å².